The molecule has 19 heavy (non-hydrogen) atoms. The molecular weight excluding hydrogens is 242 g/mol. The first kappa shape index (κ1) is 15.6. The fraction of sp³-hybridized carbons (Fsp3) is 0.571. The molecule has 0 saturated carbocycles. The third kappa shape index (κ3) is 5.81. The molecule has 1 aromatic rings. The average molecular weight is 265 g/mol. The van der Waals surface area contributed by atoms with Crippen molar-refractivity contribution in [2.45, 2.75) is 19.9 Å². The zero-order valence-corrected chi connectivity index (χ0v) is 12.0. The van der Waals surface area contributed by atoms with Gasteiger partial charge in [-0.2, -0.15) is 0 Å². The molecule has 1 N–H and O–H groups in total. The Bertz CT molecular complexity index is 390. The van der Waals surface area contributed by atoms with Crippen LogP contribution in [-0.2, 0) is 6.54 Å². The molecular formula is C14H23N3O2. The molecule has 0 spiro atoms. The van der Waals surface area contributed by atoms with E-state index in [1.54, 1.807) is 12.1 Å². The number of nitrogens with zero attached hydrogens (tertiary/aromatic N) is 3. The Morgan fingerprint density at radius 3 is 2.53 bits per heavy atom. The molecule has 0 aliphatic carbocycles. The summed E-state index contributed by atoms with van der Waals surface area (Å²) in [5, 5.41) is 8.82. The van der Waals surface area contributed by atoms with Crippen molar-refractivity contribution >= 4 is 5.97 Å². The fourth-order valence-electron chi connectivity index (χ4n) is 1.83. The molecule has 0 amide bonds. The number of aromatic carboxylic acids is 1. The Morgan fingerprint density at radius 2 is 2.05 bits per heavy atom. The number of hydrogen-bond donors (Lipinski definition) is 1. The molecule has 0 aliphatic heterocycles. The summed E-state index contributed by atoms with van der Waals surface area (Å²) in [6.45, 7) is 5.96. The van der Waals surface area contributed by atoms with E-state index in [1.807, 2.05) is 0 Å². The van der Waals surface area contributed by atoms with Gasteiger partial charge in [0.05, 0.1) is 11.3 Å². The molecule has 106 valence electrons. The number of carboxylic acids is 1. The molecule has 0 radical (unpaired) electrons. The van der Waals surface area contributed by atoms with Gasteiger partial charge in [-0.05, 0) is 52.3 Å². The fourth-order valence-corrected chi connectivity index (χ4v) is 1.83. The molecule has 0 saturated heterocycles. The van der Waals surface area contributed by atoms with Gasteiger partial charge >= 0.3 is 5.97 Å². The summed E-state index contributed by atoms with van der Waals surface area (Å²) >= 11 is 0. The van der Waals surface area contributed by atoms with E-state index in [0.717, 1.165) is 38.3 Å². The number of carboxylic acid groups (broad SMARTS) is 1. The predicted octanol–water partition coefficient (Wildman–Crippen LogP) is 1.55. The van der Waals surface area contributed by atoms with E-state index in [0.29, 0.717) is 0 Å². The summed E-state index contributed by atoms with van der Waals surface area (Å²) in [5.74, 6) is -0.933. The molecule has 1 rings (SSSR count). The Morgan fingerprint density at radius 1 is 1.32 bits per heavy atom. The molecule has 1 aromatic heterocycles. The van der Waals surface area contributed by atoms with E-state index >= 15 is 0 Å². The molecule has 5 heteroatoms. The molecule has 1 heterocycles. The largest absolute Gasteiger partial charge is 0.478 e. The normalized spacial score (nSPS) is 11.2. The van der Waals surface area contributed by atoms with Crippen LogP contribution in [0.1, 0.15) is 29.4 Å². The predicted molar refractivity (Wildman–Crippen MR) is 75.3 cm³/mol. The maximum Gasteiger partial charge on any atom is 0.337 e. The lowest BCUT2D eigenvalue weighted by Crippen LogP contribution is -2.27. The monoisotopic (exact) mass is 265 g/mol. The van der Waals surface area contributed by atoms with Crippen LogP contribution < -0.4 is 0 Å². The van der Waals surface area contributed by atoms with E-state index in [1.165, 1.54) is 6.20 Å². The lowest BCUT2D eigenvalue weighted by Gasteiger charge is -2.21. The first-order valence-corrected chi connectivity index (χ1v) is 6.58. The summed E-state index contributed by atoms with van der Waals surface area (Å²) in [6, 6.07) is 3.40. The van der Waals surface area contributed by atoms with Crippen LogP contribution in [0.2, 0.25) is 0 Å². The van der Waals surface area contributed by atoms with Gasteiger partial charge in [-0.15, -0.1) is 0 Å². The van der Waals surface area contributed by atoms with E-state index in [-0.39, 0.29) is 5.56 Å². The van der Waals surface area contributed by atoms with E-state index < -0.39 is 5.97 Å². The highest BCUT2D eigenvalue weighted by molar-refractivity contribution is 5.87. The van der Waals surface area contributed by atoms with Gasteiger partial charge in [-0.3, -0.25) is 9.88 Å². The van der Waals surface area contributed by atoms with Crippen molar-refractivity contribution in [3.8, 4) is 0 Å². The number of pyridine rings is 1. The summed E-state index contributed by atoms with van der Waals surface area (Å²) in [4.78, 5) is 19.4. The molecule has 0 unspecified atom stereocenters. The topological polar surface area (TPSA) is 56.7 Å². The number of rotatable bonds is 8. The third-order valence-corrected chi connectivity index (χ3v) is 2.98. The summed E-state index contributed by atoms with van der Waals surface area (Å²) in [6.07, 6.45) is 2.54. The highest BCUT2D eigenvalue weighted by Gasteiger charge is 2.07. The molecule has 0 atom stereocenters. The minimum absolute atomic E-state index is 0.236. The van der Waals surface area contributed by atoms with Crippen LogP contribution in [0.5, 0.6) is 0 Å². The van der Waals surface area contributed by atoms with Crippen LogP contribution >= 0.6 is 0 Å². The van der Waals surface area contributed by atoms with Crippen molar-refractivity contribution in [1.29, 1.82) is 0 Å². The number of aromatic nitrogens is 1. The van der Waals surface area contributed by atoms with Gasteiger partial charge in [0.1, 0.15) is 0 Å². The highest BCUT2D eigenvalue weighted by Crippen LogP contribution is 2.05. The van der Waals surface area contributed by atoms with Crippen LogP contribution in [0.4, 0.5) is 0 Å². The standard InChI is InChI=1S/C14H23N3O2/c1-4-17(9-5-8-16(2)3)11-13-7-6-12(10-15-13)14(18)19/h6-7,10H,4-5,8-9,11H2,1-3H3,(H,18,19). The molecule has 5 nitrogen and oxygen atoms in total. The van der Waals surface area contributed by atoms with Gasteiger partial charge in [0.25, 0.3) is 0 Å². The minimum atomic E-state index is -0.933. The second kappa shape index (κ2) is 7.86. The van der Waals surface area contributed by atoms with Crippen molar-refractivity contribution in [3.05, 3.63) is 29.6 Å². The second-order valence-corrected chi connectivity index (χ2v) is 4.87. The molecule has 0 bridgehead atoms. The van der Waals surface area contributed by atoms with E-state index in [4.69, 9.17) is 5.11 Å². The van der Waals surface area contributed by atoms with Crippen LogP contribution in [0.15, 0.2) is 18.3 Å². The zero-order valence-electron chi connectivity index (χ0n) is 12.0. The summed E-state index contributed by atoms with van der Waals surface area (Å²) in [7, 11) is 4.14. The second-order valence-electron chi connectivity index (χ2n) is 4.87. The van der Waals surface area contributed by atoms with Gasteiger partial charge in [0.15, 0.2) is 0 Å². The Balaban J connectivity index is 2.48. The SMILES string of the molecule is CCN(CCCN(C)C)Cc1ccc(C(=O)O)cn1. The lowest BCUT2D eigenvalue weighted by atomic mass is 10.2. The molecule has 0 fully saturated rings. The van der Waals surface area contributed by atoms with Gasteiger partial charge in [-0.1, -0.05) is 6.92 Å². The van der Waals surface area contributed by atoms with Crippen molar-refractivity contribution < 1.29 is 9.90 Å². The van der Waals surface area contributed by atoms with Crippen molar-refractivity contribution in [3.63, 3.8) is 0 Å². The van der Waals surface area contributed by atoms with Gasteiger partial charge in [-0.25, -0.2) is 4.79 Å². The van der Waals surface area contributed by atoms with Crippen molar-refractivity contribution in [2.75, 3.05) is 33.7 Å². The van der Waals surface area contributed by atoms with Crippen LogP contribution in [-0.4, -0.2) is 59.6 Å². The first-order chi connectivity index (χ1) is 9.02. The third-order valence-electron chi connectivity index (χ3n) is 2.98. The zero-order chi connectivity index (χ0) is 14.3. The number of carbonyl (C=O) groups is 1. The lowest BCUT2D eigenvalue weighted by molar-refractivity contribution is 0.0696. The Labute approximate surface area is 114 Å². The minimum Gasteiger partial charge on any atom is -0.478 e. The van der Waals surface area contributed by atoms with E-state index in [9.17, 15) is 4.79 Å². The average Bonchev–Trinajstić information content (AvgIpc) is 2.37. The quantitative estimate of drug-likeness (QED) is 0.773. The molecule has 0 aliphatic rings. The van der Waals surface area contributed by atoms with Crippen molar-refractivity contribution in [2.24, 2.45) is 0 Å². The van der Waals surface area contributed by atoms with Crippen LogP contribution in [0, 0.1) is 0 Å². The van der Waals surface area contributed by atoms with Gasteiger partial charge in [0.2, 0.25) is 0 Å². The van der Waals surface area contributed by atoms with Crippen LogP contribution in [0.25, 0.3) is 0 Å². The summed E-state index contributed by atoms with van der Waals surface area (Å²) < 4.78 is 0. The summed E-state index contributed by atoms with van der Waals surface area (Å²) in [5.41, 5.74) is 1.15. The number of hydrogen-bond acceptors (Lipinski definition) is 4. The van der Waals surface area contributed by atoms with E-state index in [2.05, 4.69) is 35.8 Å². The first-order valence-electron chi connectivity index (χ1n) is 6.58. The molecule has 0 aromatic carbocycles. The Hall–Kier alpha value is -1.46. The maximum atomic E-state index is 10.7. The Kier molecular flexibility index (Phi) is 6.45. The van der Waals surface area contributed by atoms with Crippen LogP contribution in [0.3, 0.4) is 0 Å². The highest BCUT2D eigenvalue weighted by atomic mass is 16.4. The maximum absolute atomic E-state index is 10.7. The smallest absolute Gasteiger partial charge is 0.337 e. The van der Waals surface area contributed by atoms with Gasteiger partial charge < -0.3 is 10.0 Å². The van der Waals surface area contributed by atoms with Gasteiger partial charge in [0, 0.05) is 12.7 Å². The van der Waals surface area contributed by atoms with Crippen molar-refractivity contribution in [1.82, 2.24) is 14.8 Å².